The molecule has 0 aromatic heterocycles. The highest BCUT2D eigenvalue weighted by Gasteiger charge is 2.37. The molecule has 6 heteroatoms. The molecule has 1 heterocycles. The fourth-order valence-corrected chi connectivity index (χ4v) is 2.71. The van der Waals surface area contributed by atoms with Crippen LogP contribution in [0.1, 0.15) is 30.0 Å². The Morgan fingerprint density at radius 2 is 1.91 bits per heavy atom. The number of aryl methyl sites for hydroxylation is 2. The number of amides is 1. The van der Waals surface area contributed by atoms with Gasteiger partial charge in [0.25, 0.3) is 5.91 Å². The Hall–Kier alpha value is -2.37. The lowest BCUT2D eigenvalue weighted by Gasteiger charge is -2.30. The summed E-state index contributed by atoms with van der Waals surface area (Å²) in [6.45, 7) is 6.86. The van der Waals surface area contributed by atoms with E-state index in [0.29, 0.717) is 12.1 Å². The zero-order valence-electron chi connectivity index (χ0n) is 13.8. The Kier molecular flexibility index (Phi) is 5.03. The number of anilines is 1. The number of rotatable bonds is 4. The number of carbonyl (C=O) groups excluding carboxylic acids is 3. The van der Waals surface area contributed by atoms with Crippen LogP contribution < -0.4 is 4.90 Å². The summed E-state index contributed by atoms with van der Waals surface area (Å²) >= 11 is 0. The van der Waals surface area contributed by atoms with Gasteiger partial charge in [-0.2, -0.15) is 0 Å². The van der Waals surface area contributed by atoms with Crippen LogP contribution in [0.2, 0.25) is 0 Å². The minimum atomic E-state index is -0.683. The molecule has 6 nitrogen and oxygen atoms in total. The van der Waals surface area contributed by atoms with Crippen LogP contribution in [0.25, 0.3) is 0 Å². The van der Waals surface area contributed by atoms with Crippen LogP contribution in [0.4, 0.5) is 5.69 Å². The second-order valence-corrected chi connectivity index (χ2v) is 5.69. The molecule has 1 fully saturated rings. The molecule has 124 valence electrons. The van der Waals surface area contributed by atoms with Crippen LogP contribution in [0.3, 0.4) is 0 Å². The molecule has 2 rings (SSSR count). The molecule has 1 aliphatic heterocycles. The first-order valence-corrected chi connectivity index (χ1v) is 7.51. The second kappa shape index (κ2) is 6.81. The smallest absolute Gasteiger partial charge is 0.329 e. The van der Waals surface area contributed by atoms with Crippen molar-refractivity contribution in [2.75, 3.05) is 18.1 Å². The summed E-state index contributed by atoms with van der Waals surface area (Å²) in [6, 6.07) is 3.19. The number of benzene rings is 1. The molecule has 0 radical (unpaired) electrons. The first-order chi connectivity index (χ1) is 10.8. The van der Waals surface area contributed by atoms with Crippen LogP contribution >= 0.6 is 0 Å². The summed E-state index contributed by atoms with van der Waals surface area (Å²) in [5.41, 5.74) is 3.50. The molecule has 1 atom stereocenters. The molecule has 1 aromatic carbocycles. The first-order valence-electron chi connectivity index (χ1n) is 7.51. The maximum atomic E-state index is 12.6. The maximum absolute atomic E-state index is 12.6. The van der Waals surface area contributed by atoms with E-state index in [1.165, 1.54) is 11.8 Å². The summed E-state index contributed by atoms with van der Waals surface area (Å²) in [4.78, 5) is 37.1. The Morgan fingerprint density at radius 1 is 1.26 bits per heavy atom. The average molecular weight is 319 g/mol. The lowest BCUT2D eigenvalue weighted by atomic mass is 10.0. The van der Waals surface area contributed by atoms with E-state index in [2.05, 4.69) is 0 Å². The van der Waals surface area contributed by atoms with Crippen LogP contribution in [0.5, 0.6) is 0 Å². The Bertz CT molecular complexity index is 653. The minimum absolute atomic E-state index is 0.282. The molecule has 1 amide bonds. The van der Waals surface area contributed by atoms with Gasteiger partial charge in [0.2, 0.25) is 0 Å². The highest BCUT2D eigenvalue weighted by atomic mass is 16.5. The Balaban J connectivity index is 2.45. The van der Waals surface area contributed by atoms with Crippen LogP contribution in [0.15, 0.2) is 12.1 Å². The number of nitrogens with zero attached hydrogens (tertiary/aromatic N) is 1. The van der Waals surface area contributed by atoms with Gasteiger partial charge < -0.3 is 9.47 Å². The molecule has 0 aliphatic carbocycles. The van der Waals surface area contributed by atoms with Gasteiger partial charge in [-0.3, -0.25) is 14.5 Å². The lowest BCUT2D eigenvalue weighted by molar-refractivity contribution is -0.146. The highest BCUT2D eigenvalue weighted by Crippen LogP contribution is 2.31. The molecule has 0 spiro atoms. The van der Waals surface area contributed by atoms with Gasteiger partial charge in [0.15, 0.2) is 6.61 Å². The van der Waals surface area contributed by atoms with Gasteiger partial charge in [0.1, 0.15) is 6.04 Å². The van der Waals surface area contributed by atoms with E-state index in [0.717, 1.165) is 16.7 Å². The van der Waals surface area contributed by atoms with Crippen molar-refractivity contribution in [3.8, 4) is 0 Å². The van der Waals surface area contributed by atoms with Crippen molar-refractivity contribution in [3.05, 3.63) is 28.8 Å². The van der Waals surface area contributed by atoms with E-state index >= 15 is 0 Å². The molecule has 1 aliphatic rings. The predicted molar refractivity (Wildman–Crippen MR) is 84.1 cm³/mol. The number of esters is 2. The zero-order valence-corrected chi connectivity index (χ0v) is 13.8. The number of cyclic esters (lactones) is 1. The van der Waals surface area contributed by atoms with Gasteiger partial charge in [0, 0.05) is 13.3 Å². The van der Waals surface area contributed by atoms with Gasteiger partial charge in [-0.25, -0.2) is 4.79 Å². The van der Waals surface area contributed by atoms with E-state index < -0.39 is 30.5 Å². The van der Waals surface area contributed by atoms with Crippen molar-refractivity contribution >= 4 is 23.5 Å². The van der Waals surface area contributed by atoms with Gasteiger partial charge >= 0.3 is 11.9 Å². The Labute approximate surface area is 135 Å². The molecule has 0 bridgehead atoms. The standard InChI is InChI=1S/C17H21NO5/c1-10-5-6-11(2)16(12(10)3)18(14-7-8-22-17(14)21)15(20)9-23-13(4)19/h5-6,14H,7-9H2,1-4H3. The molecular formula is C17H21NO5. The molecule has 0 N–H and O–H groups in total. The number of hydrogen-bond donors (Lipinski definition) is 0. The monoisotopic (exact) mass is 319 g/mol. The van der Waals surface area contributed by atoms with E-state index in [4.69, 9.17) is 9.47 Å². The summed E-state index contributed by atoms with van der Waals surface area (Å²) < 4.78 is 9.84. The molecule has 1 saturated heterocycles. The zero-order chi connectivity index (χ0) is 17.1. The third-order valence-electron chi connectivity index (χ3n) is 4.03. The number of ether oxygens (including phenoxy) is 2. The molecule has 23 heavy (non-hydrogen) atoms. The van der Waals surface area contributed by atoms with Crippen molar-refractivity contribution < 1.29 is 23.9 Å². The maximum Gasteiger partial charge on any atom is 0.329 e. The van der Waals surface area contributed by atoms with E-state index in [-0.39, 0.29) is 6.61 Å². The van der Waals surface area contributed by atoms with Crippen molar-refractivity contribution in [2.45, 2.75) is 40.2 Å². The van der Waals surface area contributed by atoms with Gasteiger partial charge in [-0.1, -0.05) is 12.1 Å². The Morgan fingerprint density at radius 3 is 2.48 bits per heavy atom. The third kappa shape index (κ3) is 3.52. The largest absolute Gasteiger partial charge is 0.464 e. The summed E-state index contributed by atoms with van der Waals surface area (Å²) in [6.07, 6.45) is 0.428. The minimum Gasteiger partial charge on any atom is -0.464 e. The molecule has 1 unspecified atom stereocenters. The van der Waals surface area contributed by atoms with E-state index in [9.17, 15) is 14.4 Å². The quantitative estimate of drug-likeness (QED) is 0.792. The van der Waals surface area contributed by atoms with Crippen molar-refractivity contribution in [3.63, 3.8) is 0 Å². The summed E-state index contributed by atoms with van der Waals surface area (Å²) in [7, 11) is 0. The van der Waals surface area contributed by atoms with E-state index in [1.807, 2.05) is 32.9 Å². The molecular weight excluding hydrogens is 298 g/mol. The van der Waals surface area contributed by atoms with Crippen LogP contribution in [-0.2, 0) is 23.9 Å². The highest BCUT2D eigenvalue weighted by molar-refractivity contribution is 6.02. The SMILES string of the molecule is CC(=O)OCC(=O)N(c1c(C)ccc(C)c1C)C1CCOC1=O. The normalized spacial score (nSPS) is 16.9. The first kappa shape index (κ1) is 17.0. The molecule has 1 aromatic rings. The second-order valence-electron chi connectivity index (χ2n) is 5.69. The topological polar surface area (TPSA) is 72.9 Å². The van der Waals surface area contributed by atoms with Crippen molar-refractivity contribution in [2.24, 2.45) is 0 Å². The van der Waals surface area contributed by atoms with Gasteiger partial charge in [-0.15, -0.1) is 0 Å². The van der Waals surface area contributed by atoms with Crippen molar-refractivity contribution in [1.82, 2.24) is 0 Å². The van der Waals surface area contributed by atoms with Crippen LogP contribution in [0, 0.1) is 20.8 Å². The molecule has 0 saturated carbocycles. The fourth-order valence-electron chi connectivity index (χ4n) is 2.71. The summed E-state index contributed by atoms with van der Waals surface area (Å²) in [5, 5.41) is 0. The predicted octanol–water partition coefficient (Wildman–Crippen LogP) is 1.82. The number of hydrogen-bond acceptors (Lipinski definition) is 5. The number of carbonyl (C=O) groups is 3. The van der Waals surface area contributed by atoms with Crippen LogP contribution in [-0.4, -0.2) is 37.1 Å². The fraction of sp³-hybridized carbons (Fsp3) is 0.471. The van der Waals surface area contributed by atoms with E-state index in [1.54, 1.807) is 0 Å². The lowest BCUT2D eigenvalue weighted by Crippen LogP contribution is -2.46. The van der Waals surface area contributed by atoms with Crippen molar-refractivity contribution in [1.29, 1.82) is 0 Å². The van der Waals surface area contributed by atoms with Gasteiger partial charge in [0.05, 0.1) is 12.3 Å². The summed E-state index contributed by atoms with van der Waals surface area (Å²) in [5.74, 6) is -1.40. The third-order valence-corrected chi connectivity index (χ3v) is 4.03. The van der Waals surface area contributed by atoms with Gasteiger partial charge in [-0.05, 0) is 37.5 Å². The average Bonchev–Trinajstić information content (AvgIpc) is 2.91.